The van der Waals surface area contributed by atoms with Gasteiger partial charge in [-0.25, -0.2) is 4.79 Å². The van der Waals surface area contributed by atoms with Crippen molar-refractivity contribution in [1.29, 1.82) is 0 Å². The molecule has 0 saturated carbocycles. The van der Waals surface area contributed by atoms with E-state index in [1.165, 1.54) is 5.56 Å². The summed E-state index contributed by atoms with van der Waals surface area (Å²) in [5.74, 6) is -0.139. The van der Waals surface area contributed by atoms with Crippen molar-refractivity contribution in [2.75, 3.05) is 38.1 Å². The zero-order valence-electron chi connectivity index (χ0n) is 15.7. The summed E-state index contributed by atoms with van der Waals surface area (Å²) in [4.78, 5) is 39.2. The summed E-state index contributed by atoms with van der Waals surface area (Å²) in [6.07, 6.45) is -0.562. The van der Waals surface area contributed by atoms with Crippen LogP contribution < -0.4 is 5.32 Å². The first-order chi connectivity index (χ1) is 12.4. The van der Waals surface area contributed by atoms with Gasteiger partial charge in [0.2, 0.25) is 11.8 Å². The van der Waals surface area contributed by atoms with Gasteiger partial charge < -0.3 is 19.9 Å². The molecule has 1 aliphatic heterocycles. The molecule has 142 valence electrons. The molecule has 1 aliphatic rings. The third-order valence-corrected chi connectivity index (χ3v) is 4.33. The van der Waals surface area contributed by atoms with Crippen molar-refractivity contribution in [1.82, 2.24) is 9.80 Å². The SMILES string of the molecule is CCOC(=O)N1CCN(C(=O)CC(=O)Nc2ccc(C(C)C)cc2)CC1. The number of benzene rings is 1. The summed E-state index contributed by atoms with van der Waals surface area (Å²) in [5.41, 5.74) is 1.87. The van der Waals surface area contributed by atoms with Crippen molar-refractivity contribution < 1.29 is 19.1 Å². The number of piperazine rings is 1. The Morgan fingerprint density at radius 3 is 2.15 bits per heavy atom. The maximum atomic E-state index is 12.3. The van der Waals surface area contributed by atoms with Crippen molar-refractivity contribution in [3.05, 3.63) is 29.8 Å². The van der Waals surface area contributed by atoms with Crippen molar-refractivity contribution >= 4 is 23.6 Å². The lowest BCUT2D eigenvalue weighted by molar-refractivity contribution is -0.135. The molecule has 1 N–H and O–H groups in total. The Kier molecular flexibility index (Phi) is 7.00. The number of anilines is 1. The molecule has 0 spiro atoms. The number of hydrogen-bond donors (Lipinski definition) is 1. The summed E-state index contributed by atoms with van der Waals surface area (Å²) < 4.78 is 4.95. The zero-order valence-corrected chi connectivity index (χ0v) is 15.7. The largest absolute Gasteiger partial charge is 0.450 e. The minimum atomic E-state index is -0.359. The van der Waals surface area contributed by atoms with Gasteiger partial charge in [0.05, 0.1) is 6.61 Å². The van der Waals surface area contributed by atoms with E-state index in [1.54, 1.807) is 16.7 Å². The smallest absolute Gasteiger partial charge is 0.409 e. The number of hydrogen-bond acceptors (Lipinski definition) is 4. The van der Waals surface area contributed by atoms with E-state index in [-0.39, 0.29) is 24.3 Å². The van der Waals surface area contributed by atoms with Crippen LogP contribution in [0.2, 0.25) is 0 Å². The highest BCUT2D eigenvalue weighted by Crippen LogP contribution is 2.17. The molecular weight excluding hydrogens is 334 g/mol. The molecule has 0 aliphatic carbocycles. The minimum Gasteiger partial charge on any atom is -0.450 e. The van der Waals surface area contributed by atoms with Crippen LogP contribution in [-0.2, 0) is 14.3 Å². The standard InChI is InChI=1S/C19H27N3O4/c1-4-26-19(25)22-11-9-21(10-12-22)18(24)13-17(23)20-16-7-5-15(6-8-16)14(2)3/h5-8,14H,4,9-13H2,1-3H3,(H,20,23). The Hall–Kier alpha value is -2.57. The zero-order chi connectivity index (χ0) is 19.1. The highest BCUT2D eigenvalue weighted by atomic mass is 16.6. The fourth-order valence-corrected chi connectivity index (χ4v) is 2.76. The van der Waals surface area contributed by atoms with Gasteiger partial charge in [-0.1, -0.05) is 26.0 Å². The van der Waals surface area contributed by atoms with Crippen LogP contribution in [0.15, 0.2) is 24.3 Å². The van der Waals surface area contributed by atoms with Gasteiger partial charge >= 0.3 is 6.09 Å². The normalized spacial score (nSPS) is 14.3. The number of rotatable bonds is 5. The fourth-order valence-electron chi connectivity index (χ4n) is 2.76. The molecule has 1 aromatic rings. The monoisotopic (exact) mass is 361 g/mol. The molecule has 26 heavy (non-hydrogen) atoms. The van der Waals surface area contributed by atoms with Crippen LogP contribution >= 0.6 is 0 Å². The summed E-state index contributed by atoms with van der Waals surface area (Å²) in [6, 6.07) is 7.62. The van der Waals surface area contributed by atoms with E-state index in [0.29, 0.717) is 44.4 Å². The highest BCUT2D eigenvalue weighted by Gasteiger charge is 2.25. The number of carbonyl (C=O) groups excluding carboxylic acids is 3. The van der Waals surface area contributed by atoms with Crippen LogP contribution in [0.3, 0.4) is 0 Å². The molecule has 3 amide bonds. The Morgan fingerprint density at radius 2 is 1.62 bits per heavy atom. The Balaban J connectivity index is 1.79. The van der Waals surface area contributed by atoms with Gasteiger partial charge in [-0.2, -0.15) is 0 Å². The van der Waals surface area contributed by atoms with E-state index in [0.717, 1.165) is 0 Å². The molecule has 2 rings (SSSR count). The van der Waals surface area contributed by atoms with Gasteiger partial charge in [-0.15, -0.1) is 0 Å². The van der Waals surface area contributed by atoms with Gasteiger partial charge in [0.25, 0.3) is 0 Å². The lowest BCUT2D eigenvalue weighted by atomic mass is 10.0. The second kappa shape index (κ2) is 9.22. The molecule has 1 aromatic carbocycles. The molecular formula is C19H27N3O4. The minimum absolute atomic E-state index is 0.203. The quantitative estimate of drug-likeness (QED) is 0.817. The summed E-state index contributed by atoms with van der Waals surface area (Å²) in [5, 5.41) is 2.75. The predicted molar refractivity (Wildman–Crippen MR) is 99.0 cm³/mol. The van der Waals surface area contributed by atoms with E-state index >= 15 is 0 Å². The third kappa shape index (κ3) is 5.47. The summed E-state index contributed by atoms with van der Waals surface area (Å²) in [6.45, 7) is 7.96. The van der Waals surface area contributed by atoms with Crippen molar-refractivity contribution in [2.45, 2.75) is 33.1 Å². The average molecular weight is 361 g/mol. The molecule has 1 fully saturated rings. The molecule has 7 heteroatoms. The van der Waals surface area contributed by atoms with Crippen LogP contribution in [0.4, 0.5) is 10.5 Å². The van der Waals surface area contributed by atoms with Crippen LogP contribution in [-0.4, -0.2) is 60.5 Å². The van der Waals surface area contributed by atoms with Gasteiger partial charge in [0.15, 0.2) is 0 Å². The fraction of sp³-hybridized carbons (Fsp3) is 0.526. The molecule has 1 heterocycles. The average Bonchev–Trinajstić information content (AvgIpc) is 2.62. The maximum Gasteiger partial charge on any atom is 0.409 e. The van der Waals surface area contributed by atoms with Gasteiger partial charge in [-0.05, 0) is 30.5 Å². The first-order valence-electron chi connectivity index (χ1n) is 9.00. The Bertz CT molecular complexity index is 635. The predicted octanol–water partition coefficient (Wildman–Crippen LogP) is 2.44. The number of carbonyl (C=O) groups is 3. The summed E-state index contributed by atoms with van der Waals surface area (Å²) in [7, 11) is 0. The second-order valence-corrected chi connectivity index (χ2v) is 6.57. The number of ether oxygens (including phenoxy) is 1. The first-order valence-corrected chi connectivity index (χ1v) is 9.00. The molecule has 1 saturated heterocycles. The second-order valence-electron chi connectivity index (χ2n) is 6.57. The maximum absolute atomic E-state index is 12.3. The van der Waals surface area contributed by atoms with E-state index < -0.39 is 0 Å². The van der Waals surface area contributed by atoms with Crippen molar-refractivity contribution in [3.63, 3.8) is 0 Å². The van der Waals surface area contributed by atoms with E-state index in [4.69, 9.17) is 4.74 Å². The van der Waals surface area contributed by atoms with Gasteiger partial charge in [0, 0.05) is 31.9 Å². The molecule has 0 aromatic heterocycles. The van der Waals surface area contributed by atoms with Crippen LogP contribution in [0.25, 0.3) is 0 Å². The molecule has 0 bridgehead atoms. The Morgan fingerprint density at radius 1 is 1.04 bits per heavy atom. The molecule has 0 unspecified atom stereocenters. The van der Waals surface area contributed by atoms with Crippen LogP contribution in [0.5, 0.6) is 0 Å². The number of amides is 3. The highest BCUT2D eigenvalue weighted by molar-refractivity contribution is 6.03. The van der Waals surface area contributed by atoms with Crippen molar-refractivity contribution in [2.24, 2.45) is 0 Å². The van der Waals surface area contributed by atoms with Crippen LogP contribution in [0, 0.1) is 0 Å². The lowest BCUT2D eigenvalue weighted by Gasteiger charge is -2.34. The van der Waals surface area contributed by atoms with E-state index in [1.807, 2.05) is 24.3 Å². The number of nitrogens with zero attached hydrogens (tertiary/aromatic N) is 2. The molecule has 0 atom stereocenters. The van der Waals surface area contributed by atoms with Crippen molar-refractivity contribution in [3.8, 4) is 0 Å². The first kappa shape index (κ1) is 19.8. The third-order valence-electron chi connectivity index (χ3n) is 4.33. The molecule has 7 nitrogen and oxygen atoms in total. The van der Waals surface area contributed by atoms with E-state index in [9.17, 15) is 14.4 Å². The lowest BCUT2D eigenvalue weighted by Crippen LogP contribution is -2.51. The summed E-state index contributed by atoms with van der Waals surface area (Å²) >= 11 is 0. The number of nitrogens with one attached hydrogen (secondary N) is 1. The molecule has 0 radical (unpaired) electrons. The topological polar surface area (TPSA) is 79.0 Å². The van der Waals surface area contributed by atoms with E-state index in [2.05, 4.69) is 19.2 Å². The van der Waals surface area contributed by atoms with Gasteiger partial charge in [0.1, 0.15) is 6.42 Å². The Labute approximate surface area is 154 Å². The van der Waals surface area contributed by atoms with Crippen LogP contribution in [0.1, 0.15) is 38.7 Å². The van der Waals surface area contributed by atoms with Gasteiger partial charge in [-0.3, -0.25) is 9.59 Å².